The van der Waals surface area contributed by atoms with Gasteiger partial charge in [0.2, 0.25) is 0 Å². The summed E-state index contributed by atoms with van der Waals surface area (Å²) in [6.45, 7) is 0. The molecule has 22 heavy (non-hydrogen) atoms. The summed E-state index contributed by atoms with van der Waals surface area (Å²) in [5.41, 5.74) is -2.35. The summed E-state index contributed by atoms with van der Waals surface area (Å²) in [5, 5.41) is 0.833. The lowest BCUT2D eigenvalue weighted by Crippen LogP contribution is -2.32. The second-order valence-corrected chi connectivity index (χ2v) is 7.19. The smallest absolute Gasteiger partial charge is 0.308 e. The predicted molar refractivity (Wildman–Crippen MR) is 76.2 cm³/mol. The number of halogens is 3. The van der Waals surface area contributed by atoms with Crippen molar-refractivity contribution in [1.82, 2.24) is 15.0 Å². The first-order chi connectivity index (χ1) is 10.4. The molecule has 2 aromatic rings. The van der Waals surface area contributed by atoms with Crippen LogP contribution in [-0.2, 0) is 5.41 Å². The van der Waals surface area contributed by atoms with Gasteiger partial charge in [-0.15, -0.1) is 0 Å². The quantitative estimate of drug-likeness (QED) is 0.915. The molecule has 0 aliphatic heterocycles. The highest BCUT2D eigenvalue weighted by Gasteiger charge is 2.66. The Bertz CT molecular complexity index is 785. The Morgan fingerprint density at radius 3 is 2.45 bits per heavy atom. The van der Waals surface area contributed by atoms with Crippen molar-refractivity contribution in [3.63, 3.8) is 0 Å². The molecule has 118 valence electrons. The van der Waals surface area contributed by atoms with Crippen molar-refractivity contribution in [3.8, 4) is 0 Å². The van der Waals surface area contributed by atoms with Crippen LogP contribution in [0.15, 0.2) is 4.79 Å². The van der Waals surface area contributed by atoms with E-state index in [1.165, 1.54) is 11.3 Å². The zero-order valence-corrected chi connectivity index (χ0v) is 12.5. The van der Waals surface area contributed by atoms with Gasteiger partial charge in [-0.3, -0.25) is 4.79 Å². The summed E-state index contributed by atoms with van der Waals surface area (Å²) >= 11 is 1.27. The highest BCUT2D eigenvalue weighted by molar-refractivity contribution is 7.18. The monoisotopic (exact) mass is 329 g/mol. The van der Waals surface area contributed by atoms with E-state index >= 15 is 0 Å². The minimum absolute atomic E-state index is 0.0147. The molecule has 2 heterocycles. The molecule has 0 spiro atoms. The summed E-state index contributed by atoms with van der Waals surface area (Å²) in [5.74, 6) is 0.0682. The van der Waals surface area contributed by atoms with Gasteiger partial charge in [0.1, 0.15) is 11.2 Å². The molecule has 0 saturated heterocycles. The molecule has 0 aromatic carbocycles. The molecule has 0 amide bonds. The number of alkyl halides is 3. The number of aromatic amines is 1. The number of rotatable bonds is 2. The second kappa shape index (κ2) is 4.53. The lowest BCUT2D eigenvalue weighted by molar-refractivity contribution is -0.162. The number of hydrogen-bond donors (Lipinski definition) is 1. The molecule has 2 fully saturated rings. The molecule has 2 aliphatic carbocycles. The van der Waals surface area contributed by atoms with Crippen LogP contribution in [0, 0.1) is 0 Å². The van der Waals surface area contributed by atoms with Crippen molar-refractivity contribution >= 4 is 21.7 Å². The predicted octanol–water partition coefficient (Wildman–Crippen LogP) is 3.63. The summed E-state index contributed by atoms with van der Waals surface area (Å²) in [7, 11) is 0. The zero-order valence-electron chi connectivity index (χ0n) is 11.7. The van der Waals surface area contributed by atoms with Crippen LogP contribution in [0.2, 0.25) is 0 Å². The minimum atomic E-state index is -4.38. The molecule has 2 aliphatic rings. The van der Waals surface area contributed by atoms with Gasteiger partial charge in [0, 0.05) is 5.92 Å². The molecule has 1 N–H and O–H groups in total. The molecule has 4 nitrogen and oxygen atoms in total. The third-order valence-corrected chi connectivity index (χ3v) is 5.85. The van der Waals surface area contributed by atoms with Gasteiger partial charge >= 0.3 is 6.18 Å². The first kappa shape index (κ1) is 14.2. The summed E-state index contributed by atoms with van der Waals surface area (Å²) in [6.07, 6.45) is -0.0954. The van der Waals surface area contributed by atoms with Gasteiger partial charge in [0.05, 0.1) is 5.01 Å². The largest absolute Gasteiger partial charge is 0.401 e. The fourth-order valence-electron chi connectivity index (χ4n) is 3.20. The highest BCUT2D eigenvalue weighted by Crippen LogP contribution is 2.57. The average Bonchev–Trinajstić information content (AvgIpc) is 2.92. The van der Waals surface area contributed by atoms with Gasteiger partial charge in [-0.2, -0.15) is 13.2 Å². The van der Waals surface area contributed by atoms with Gasteiger partial charge in [0.15, 0.2) is 10.3 Å². The van der Waals surface area contributed by atoms with Gasteiger partial charge in [0.25, 0.3) is 5.56 Å². The Labute approximate surface area is 127 Å². The number of H-pyrrole nitrogens is 1. The van der Waals surface area contributed by atoms with Crippen LogP contribution in [0.5, 0.6) is 0 Å². The van der Waals surface area contributed by atoms with E-state index < -0.39 is 17.2 Å². The van der Waals surface area contributed by atoms with E-state index in [4.69, 9.17) is 0 Å². The first-order valence-corrected chi connectivity index (χ1v) is 8.20. The number of fused-ring (bicyclic) bond motifs is 1. The number of thiazole rings is 1. The molecule has 0 bridgehead atoms. The molecule has 2 aromatic heterocycles. The van der Waals surface area contributed by atoms with Crippen LogP contribution in [0.3, 0.4) is 0 Å². The maximum Gasteiger partial charge on any atom is 0.401 e. The first-order valence-electron chi connectivity index (χ1n) is 7.39. The second-order valence-electron chi connectivity index (χ2n) is 6.18. The number of hydrogen-bond acceptors (Lipinski definition) is 4. The molecule has 0 unspecified atom stereocenters. The van der Waals surface area contributed by atoms with Crippen molar-refractivity contribution in [2.75, 3.05) is 0 Å². The van der Waals surface area contributed by atoms with E-state index in [0.717, 1.165) is 30.7 Å². The van der Waals surface area contributed by atoms with Gasteiger partial charge in [-0.05, 0) is 25.7 Å². The molecule has 4 rings (SSSR count). The lowest BCUT2D eigenvalue weighted by Gasteiger charge is -2.17. The maximum atomic E-state index is 13.2. The van der Waals surface area contributed by atoms with Crippen LogP contribution in [0.4, 0.5) is 13.2 Å². The third kappa shape index (κ3) is 2.00. The Hall–Kier alpha value is -1.44. The van der Waals surface area contributed by atoms with Crippen LogP contribution >= 0.6 is 11.3 Å². The van der Waals surface area contributed by atoms with E-state index in [9.17, 15) is 18.0 Å². The van der Waals surface area contributed by atoms with Gasteiger partial charge < -0.3 is 4.98 Å². The Balaban J connectivity index is 1.81. The Morgan fingerprint density at radius 2 is 1.86 bits per heavy atom. The molecule has 0 atom stereocenters. The Kier molecular flexibility index (Phi) is 2.92. The molecule has 2 saturated carbocycles. The standard InChI is InChI=1S/C14H14F3N3OS/c15-14(16,17)13(5-6-13)12-19-9(21)8-11(20-12)22-10(18-8)7-3-1-2-4-7/h7H,1-6H2,(H,19,20,21). The van der Waals surface area contributed by atoms with E-state index in [-0.39, 0.29) is 24.2 Å². The molecule has 8 heteroatoms. The maximum absolute atomic E-state index is 13.2. The normalized spacial score (nSPS) is 21.6. The summed E-state index contributed by atoms with van der Waals surface area (Å²) < 4.78 is 39.6. The van der Waals surface area contributed by atoms with Crippen molar-refractivity contribution in [3.05, 3.63) is 21.2 Å². The summed E-state index contributed by atoms with van der Waals surface area (Å²) in [4.78, 5) is 23.2. The highest BCUT2D eigenvalue weighted by atomic mass is 32.1. The van der Waals surface area contributed by atoms with Crippen molar-refractivity contribution < 1.29 is 13.2 Å². The van der Waals surface area contributed by atoms with Gasteiger partial charge in [-0.25, -0.2) is 9.97 Å². The third-order valence-electron chi connectivity index (χ3n) is 4.74. The van der Waals surface area contributed by atoms with E-state index in [0.29, 0.717) is 10.7 Å². The number of aromatic nitrogens is 3. The topological polar surface area (TPSA) is 58.6 Å². The zero-order chi connectivity index (χ0) is 15.5. The van der Waals surface area contributed by atoms with Crippen molar-refractivity contribution in [2.45, 2.75) is 56.0 Å². The van der Waals surface area contributed by atoms with Crippen LogP contribution < -0.4 is 5.56 Å². The average molecular weight is 329 g/mol. The number of nitrogens with one attached hydrogen (secondary N) is 1. The minimum Gasteiger partial charge on any atom is -0.308 e. The fraction of sp³-hybridized carbons (Fsp3) is 0.643. The number of nitrogens with zero attached hydrogens (tertiary/aromatic N) is 2. The SMILES string of the molecule is O=c1[nH]c(C2(C(F)(F)F)CC2)nc2sc(C3CCCC3)nc12. The van der Waals surface area contributed by atoms with Gasteiger partial charge in [-0.1, -0.05) is 24.2 Å². The van der Waals surface area contributed by atoms with Crippen molar-refractivity contribution in [2.24, 2.45) is 0 Å². The van der Waals surface area contributed by atoms with E-state index in [1.54, 1.807) is 0 Å². The fourth-order valence-corrected chi connectivity index (χ4v) is 4.31. The Morgan fingerprint density at radius 1 is 1.18 bits per heavy atom. The lowest BCUT2D eigenvalue weighted by atomic mass is 10.1. The van der Waals surface area contributed by atoms with Crippen LogP contribution in [0.25, 0.3) is 10.3 Å². The molecular weight excluding hydrogens is 315 g/mol. The molecular formula is C14H14F3N3OS. The molecule has 0 radical (unpaired) electrons. The van der Waals surface area contributed by atoms with Crippen LogP contribution in [-0.4, -0.2) is 21.1 Å². The summed E-state index contributed by atoms with van der Waals surface area (Å²) in [6, 6.07) is 0. The van der Waals surface area contributed by atoms with Crippen molar-refractivity contribution in [1.29, 1.82) is 0 Å². The van der Waals surface area contributed by atoms with Crippen LogP contribution in [0.1, 0.15) is 55.3 Å². The van der Waals surface area contributed by atoms with E-state index in [1.807, 2.05) is 0 Å². The van der Waals surface area contributed by atoms with E-state index in [2.05, 4.69) is 15.0 Å².